The number of aryl methyl sites for hydroxylation is 1. The van der Waals surface area contributed by atoms with Crippen LogP contribution in [-0.4, -0.2) is 44.2 Å². The first-order valence-electron chi connectivity index (χ1n) is 7.21. The summed E-state index contributed by atoms with van der Waals surface area (Å²) in [5.74, 6) is -1.32. The van der Waals surface area contributed by atoms with E-state index in [1.165, 1.54) is 0 Å². The van der Waals surface area contributed by atoms with Crippen LogP contribution in [0.15, 0.2) is 6.07 Å². The van der Waals surface area contributed by atoms with Gasteiger partial charge in [-0.1, -0.05) is 13.3 Å². The molecule has 0 aromatic carbocycles. The van der Waals surface area contributed by atoms with E-state index < -0.39 is 11.9 Å². The van der Waals surface area contributed by atoms with E-state index in [0.29, 0.717) is 12.1 Å². The first-order chi connectivity index (χ1) is 9.61. The molecule has 2 N–H and O–H groups in total. The molecule has 1 aromatic heterocycles. The molecule has 1 amide bonds. The van der Waals surface area contributed by atoms with Gasteiger partial charge >= 0.3 is 5.97 Å². The molecule has 2 bridgehead atoms. The fourth-order valence-corrected chi connectivity index (χ4v) is 3.57. The van der Waals surface area contributed by atoms with Crippen molar-refractivity contribution < 1.29 is 14.7 Å². The Balaban J connectivity index is 1.79. The maximum Gasteiger partial charge on any atom is 0.308 e. The molecule has 0 spiro atoms. The third kappa shape index (κ3) is 1.99. The van der Waals surface area contributed by atoms with Gasteiger partial charge in [0.15, 0.2) is 0 Å². The number of rotatable bonds is 4. The minimum atomic E-state index is -0.788. The summed E-state index contributed by atoms with van der Waals surface area (Å²) in [6.07, 6.45) is 4.14. The first-order valence-corrected chi connectivity index (χ1v) is 7.21. The summed E-state index contributed by atoms with van der Waals surface area (Å²) >= 11 is 0. The van der Waals surface area contributed by atoms with Gasteiger partial charge in [0.2, 0.25) is 0 Å². The van der Waals surface area contributed by atoms with Crippen molar-refractivity contribution in [3.8, 4) is 0 Å². The van der Waals surface area contributed by atoms with Gasteiger partial charge in [-0.25, -0.2) is 0 Å². The van der Waals surface area contributed by atoms with Crippen molar-refractivity contribution in [3.05, 3.63) is 17.5 Å². The van der Waals surface area contributed by atoms with Crippen molar-refractivity contribution in [2.24, 2.45) is 5.92 Å². The average Bonchev–Trinajstić information content (AvgIpc) is 3.11. The number of carbonyl (C=O) groups excluding carboxylic acids is 1. The minimum absolute atomic E-state index is 0.0694. The molecular weight excluding hydrogens is 258 g/mol. The molecule has 0 saturated carbocycles. The number of aromatic nitrogens is 2. The van der Waals surface area contributed by atoms with E-state index in [1.807, 2.05) is 0 Å². The molecule has 3 atom stereocenters. The fourth-order valence-electron chi connectivity index (χ4n) is 3.57. The van der Waals surface area contributed by atoms with E-state index in [0.717, 1.165) is 31.4 Å². The largest absolute Gasteiger partial charge is 0.481 e. The van der Waals surface area contributed by atoms with E-state index in [9.17, 15) is 14.7 Å². The number of carboxylic acids is 1. The predicted octanol–water partition coefficient (Wildman–Crippen LogP) is 1.44. The monoisotopic (exact) mass is 277 g/mol. The van der Waals surface area contributed by atoms with Crippen LogP contribution in [0.2, 0.25) is 0 Å². The first kappa shape index (κ1) is 13.1. The maximum absolute atomic E-state index is 12.5. The Bertz CT molecular complexity index is 540. The van der Waals surface area contributed by atoms with E-state index in [2.05, 4.69) is 17.1 Å². The zero-order chi connectivity index (χ0) is 14.3. The number of amides is 1. The minimum Gasteiger partial charge on any atom is -0.481 e. The zero-order valence-corrected chi connectivity index (χ0v) is 11.5. The third-order valence-electron chi connectivity index (χ3n) is 4.46. The van der Waals surface area contributed by atoms with E-state index in [-0.39, 0.29) is 18.0 Å². The number of fused-ring (bicyclic) bond motifs is 2. The summed E-state index contributed by atoms with van der Waals surface area (Å²) in [6, 6.07) is 1.70. The van der Waals surface area contributed by atoms with E-state index in [1.54, 1.807) is 11.0 Å². The quantitative estimate of drug-likeness (QED) is 0.872. The van der Waals surface area contributed by atoms with Gasteiger partial charge in [0.1, 0.15) is 5.69 Å². The smallest absolute Gasteiger partial charge is 0.308 e. The molecule has 2 aliphatic heterocycles. The number of carbonyl (C=O) groups is 2. The van der Waals surface area contributed by atoms with Crippen molar-refractivity contribution in [2.45, 2.75) is 51.1 Å². The van der Waals surface area contributed by atoms with Crippen LogP contribution >= 0.6 is 0 Å². The molecule has 6 heteroatoms. The lowest BCUT2D eigenvalue weighted by molar-refractivity contribution is -0.142. The van der Waals surface area contributed by atoms with Gasteiger partial charge in [-0.2, -0.15) is 5.10 Å². The number of carboxylic acid groups (broad SMARTS) is 1. The predicted molar refractivity (Wildman–Crippen MR) is 71.3 cm³/mol. The molecule has 3 unspecified atom stereocenters. The molecule has 2 fully saturated rings. The molecule has 108 valence electrons. The number of nitrogens with zero attached hydrogens (tertiary/aromatic N) is 2. The van der Waals surface area contributed by atoms with Crippen LogP contribution in [-0.2, 0) is 11.2 Å². The molecule has 20 heavy (non-hydrogen) atoms. The Morgan fingerprint density at radius 2 is 2.30 bits per heavy atom. The maximum atomic E-state index is 12.5. The lowest BCUT2D eigenvalue weighted by atomic mass is 9.89. The van der Waals surface area contributed by atoms with Crippen molar-refractivity contribution in [2.75, 3.05) is 0 Å². The van der Waals surface area contributed by atoms with Crippen LogP contribution in [0.4, 0.5) is 0 Å². The Labute approximate surface area is 117 Å². The Morgan fingerprint density at radius 1 is 1.50 bits per heavy atom. The molecule has 2 aliphatic rings. The van der Waals surface area contributed by atoms with Crippen LogP contribution in [0.1, 0.15) is 48.8 Å². The van der Waals surface area contributed by atoms with Crippen LogP contribution in [0.3, 0.4) is 0 Å². The standard InChI is InChI=1S/C14H19N3O3/c1-2-3-8-6-11(16-15-8)13(18)17-9-4-5-12(17)10(7-9)14(19)20/h6,9-10,12H,2-5,7H2,1H3,(H,15,16)(H,19,20). The Kier molecular flexibility index (Phi) is 3.23. The SMILES string of the molecule is CCCc1cc(C(=O)N2C3CCC2C(C(=O)O)C3)n[nH]1. The second-order valence-electron chi connectivity index (χ2n) is 5.72. The lowest BCUT2D eigenvalue weighted by Crippen LogP contribution is -2.38. The third-order valence-corrected chi connectivity index (χ3v) is 4.46. The van der Waals surface area contributed by atoms with Crippen molar-refractivity contribution in [3.63, 3.8) is 0 Å². The molecule has 6 nitrogen and oxygen atoms in total. The van der Waals surface area contributed by atoms with Gasteiger partial charge in [-0.05, 0) is 31.7 Å². The molecule has 2 saturated heterocycles. The number of aromatic amines is 1. The topological polar surface area (TPSA) is 86.3 Å². The number of aliphatic carboxylic acids is 1. The number of H-pyrrole nitrogens is 1. The lowest BCUT2D eigenvalue weighted by Gasteiger charge is -2.21. The van der Waals surface area contributed by atoms with Crippen LogP contribution in [0.5, 0.6) is 0 Å². The molecule has 3 rings (SSSR count). The summed E-state index contributed by atoms with van der Waals surface area (Å²) in [5, 5.41) is 16.2. The van der Waals surface area contributed by atoms with Gasteiger partial charge in [-0.3, -0.25) is 14.7 Å². The van der Waals surface area contributed by atoms with E-state index in [4.69, 9.17) is 0 Å². The average molecular weight is 277 g/mol. The summed E-state index contributed by atoms with van der Waals surface area (Å²) < 4.78 is 0. The highest BCUT2D eigenvalue weighted by Crippen LogP contribution is 2.42. The van der Waals surface area contributed by atoms with Gasteiger partial charge in [0, 0.05) is 17.8 Å². The summed E-state index contributed by atoms with van der Waals surface area (Å²) in [4.78, 5) is 25.5. The highest BCUT2D eigenvalue weighted by molar-refractivity contribution is 5.94. The van der Waals surface area contributed by atoms with Crippen LogP contribution in [0.25, 0.3) is 0 Å². The van der Waals surface area contributed by atoms with Gasteiger partial charge in [0.05, 0.1) is 5.92 Å². The fraction of sp³-hybridized carbons (Fsp3) is 0.643. The van der Waals surface area contributed by atoms with E-state index >= 15 is 0 Å². The second-order valence-corrected chi connectivity index (χ2v) is 5.72. The second kappa shape index (κ2) is 4.92. The highest BCUT2D eigenvalue weighted by Gasteiger charge is 2.51. The van der Waals surface area contributed by atoms with Crippen molar-refractivity contribution in [1.29, 1.82) is 0 Å². The number of hydrogen-bond acceptors (Lipinski definition) is 3. The molecular formula is C14H19N3O3. The highest BCUT2D eigenvalue weighted by atomic mass is 16.4. The number of hydrogen-bond donors (Lipinski definition) is 2. The van der Waals surface area contributed by atoms with Crippen LogP contribution < -0.4 is 0 Å². The summed E-state index contributed by atoms with van der Waals surface area (Å²) in [7, 11) is 0. The summed E-state index contributed by atoms with van der Waals surface area (Å²) in [5.41, 5.74) is 1.37. The zero-order valence-electron chi connectivity index (χ0n) is 11.5. The summed E-state index contributed by atoms with van der Waals surface area (Å²) in [6.45, 7) is 2.07. The Hall–Kier alpha value is -1.85. The molecule has 3 heterocycles. The number of nitrogens with one attached hydrogen (secondary N) is 1. The van der Waals surface area contributed by atoms with Crippen molar-refractivity contribution in [1.82, 2.24) is 15.1 Å². The molecule has 0 radical (unpaired) electrons. The van der Waals surface area contributed by atoms with Crippen LogP contribution in [0, 0.1) is 5.92 Å². The van der Waals surface area contributed by atoms with Gasteiger partial charge < -0.3 is 10.0 Å². The van der Waals surface area contributed by atoms with Gasteiger partial charge in [-0.15, -0.1) is 0 Å². The van der Waals surface area contributed by atoms with Gasteiger partial charge in [0.25, 0.3) is 5.91 Å². The molecule has 0 aliphatic carbocycles. The van der Waals surface area contributed by atoms with Crippen molar-refractivity contribution >= 4 is 11.9 Å². The normalized spacial score (nSPS) is 28.1. The molecule has 1 aromatic rings. The Morgan fingerprint density at radius 3 is 2.95 bits per heavy atom.